The molecule has 0 amide bonds. The number of nitrogens with zero attached hydrogens (tertiary/aromatic N) is 3. The van der Waals surface area contributed by atoms with E-state index >= 15 is 0 Å². The summed E-state index contributed by atoms with van der Waals surface area (Å²) in [4.78, 5) is 8.40. The van der Waals surface area contributed by atoms with Crippen molar-refractivity contribution < 1.29 is 0 Å². The van der Waals surface area contributed by atoms with Crippen molar-refractivity contribution in [3.8, 4) is 11.3 Å². The number of rotatable bonds is 3. The van der Waals surface area contributed by atoms with Crippen molar-refractivity contribution in [1.29, 1.82) is 0 Å². The van der Waals surface area contributed by atoms with E-state index in [-0.39, 0.29) is 0 Å². The molecule has 0 aliphatic rings. The van der Waals surface area contributed by atoms with Gasteiger partial charge in [-0.3, -0.25) is 4.98 Å². The third-order valence-electron chi connectivity index (χ3n) is 2.07. The van der Waals surface area contributed by atoms with Gasteiger partial charge in [0.25, 0.3) is 0 Å². The summed E-state index contributed by atoms with van der Waals surface area (Å²) in [7, 11) is 0. The Bertz CT molecular complexity index is 392. The van der Waals surface area contributed by atoms with Gasteiger partial charge in [0.15, 0.2) is 0 Å². The maximum absolute atomic E-state index is 4.33. The first-order valence-electron chi connectivity index (χ1n) is 4.82. The minimum absolute atomic E-state index is 0.992. The minimum atomic E-state index is 0.992. The van der Waals surface area contributed by atoms with Crippen molar-refractivity contribution >= 4 is 0 Å². The second-order valence-corrected chi connectivity index (χ2v) is 3.24. The number of pyridine rings is 1. The highest BCUT2D eigenvalue weighted by molar-refractivity contribution is 5.56. The van der Waals surface area contributed by atoms with Gasteiger partial charge in [0.05, 0.1) is 12.0 Å². The normalized spacial score (nSPS) is 10.4. The second-order valence-electron chi connectivity index (χ2n) is 3.24. The van der Waals surface area contributed by atoms with E-state index in [4.69, 9.17) is 0 Å². The Kier molecular flexibility index (Phi) is 2.58. The van der Waals surface area contributed by atoms with Crippen LogP contribution in [0.25, 0.3) is 11.3 Å². The van der Waals surface area contributed by atoms with Crippen LogP contribution >= 0.6 is 0 Å². The van der Waals surface area contributed by atoms with E-state index in [0.717, 1.165) is 24.2 Å². The molecule has 14 heavy (non-hydrogen) atoms. The van der Waals surface area contributed by atoms with Crippen LogP contribution in [0.2, 0.25) is 0 Å². The number of aromatic nitrogens is 3. The lowest BCUT2D eigenvalue weighted by molar-refractivity contribution is 0.678. The van der Waals surface area contributed by atoms with Crippen LogP contribution in [-0.2, 0) is 6.54 Å². The third kappa shape index (κ3) is 1.82. The summed E-state index contributed by atoms with van der Waals surface area (Å²) in [6.07, 6.45) is 8.65. The zero-order valence-corrected chi connectivity index (χ0v) is 8.22. The van der Waals surface area contributed by atoms with Crippen LogP contribution in [0.15, 0.2) is 37.1 Å². The van der Waals surface area contributed by atoms with Gasteiger partial charge in [-0.1, -0.05) is 6.92 Å². The lowest BCUT2D eigenvalue weighted by Crippen LogP contribution is -1.90. The number of aryl methyl sites for hydroxylation is 1. The monoisotopic (exact) mass is 187 g/mol. The molecule has 0 spiro atoms. The second kappa shape index (κ2) is 4.05. The molecule has 3 heteroatoms. The molecule has 0 N–H and O–H groups in total. The van der Waals surface area contributed by atoms with Crippen molar-refractivity contribution in [3.05, 3.63) is 37.1 Å². The highest BCUT2D eigenvalue weighted by atomic mass is 15.0. The van der Waals surface area contributed by atoms with Crippen LogP contribution in [0, 0.1) is 0 Å². The number of hydrogen-bond acceptors (Lipinski definition) is 2. The maximum Gasteiger partial charge on any atom is 0.0953 e. The molecule has 72 valence electrons. The van der Waals surface area contributed by atoms with Crippen LogP contribution in [0.5, 0.6) is 0 Å². The van der Waals surface area contributed by atoms with E-state index in [1.807, 2.05) is 24.7 Å². The molecule has 0 unspecified atom stereocenters. The topological polar surface area (TPSA) is 30.7 Å². The van der Waals surface area contributed by atoms with Crippen molar-refractivity contribution in [3.63, 3.8) is 0 Å². The molecule has 0 radical (unpaired) electrons. The van der Waals surface area contributed by atoms with Crippen molar-refractivity contribution in [2.75, 3.05) is 0 Å². The molecular formula is C11H13N3. The fourth-order valence-electron chi connectivity index (χ4n) is 1.40. The van der Waals surface area contributed by atoms with E-state index < -0.39 is 0 Å². The molecule has 3 nitrogen and oxygen atoms in total. The quantitative estimate of drug-likeness (QED) is 0.738. The van der Waals surface area contributed by atoms with Gasteiger partial charge >= 0.3 is 0 Å². The predicted molar refractivity (Wildman–Crippen MR) is 55.7 cm³/mol. The van der Waals surface area contributed by atoms with Gasteiger partial charge in [0.1, 0.15) is 0 Å². The summed E-state index contributed by atoms with van der Waals surface area (Å²) in [6.45, 7) is 3.18. The smallest absolute Gasteiger partial charge is 0.0953 e. The Hall–Kier alpha value is -1.64. The largest absolute Gasteiger partial charge is 0.337 e. The fourth-order valence-corrected chi connectivity index (χ4v) is 1.40. The van der Waals surface area contributed by atoms with Crippen molar-refractivity contribution in [1.82, 2.24) is 14.5 Å². The Morgan fingerprint density at radius 3 is 3.07 bits per heavy atom. The van der Waals surface area contributed by atoms with Gasteiger partial charge in [-0.2, -0.15) is 0 Å². The first-order valence-corrected chi connectivity index (χ1v) is 4.82. The molecule has 0 aliphatic carbocycles. The van der Waals surface area contributed by atoms with E-state index in [2.05, 4.69) is 27.7 Å². The van der Waals surface area contributed by atoms with Gasteiger partial charge in [-0.25, -0.2) is 4.98 Å². The van der Waals surface area contributed by atoms with E-state index in [0.29, 0.717) is 0 Å². The Morgan fingerprint density at radius 1 is 1.43 bits per heavy atom. The van der Waals surface area contributed by atoms with Gasteiger partial charge in [-0.05, 0) is 18.6 Å². The lowest BCUT2D eigenvalue weighted by atomic mass is 10.2. The molecular weight excluding hydrogens is 174 g/mol. The minimum Gasteiger partial charge on any atom is -0.337 e. The Balaban J connectivity index is 2.25. The molecule has 2 aromatic rings. The Morgan fingerprint density at radius 2 is 2.36 bits per heavy atom. The van der Waals surface area contributed by atoms with Crippen LogP contribution < -0.4 is 0 Å². The first kappa shape index (κ1) is 8.94. The standard InChI is InChI=1S/C11H13N3/c1-2-6-14-8-11(13-9-14)10-4-3-5-12-7-10/h3-5,7-9H,2,6H2,1H3. The molecule has 2 heterocycles. The molecule has 0 bridgehead atoms. The maximum atomic E-state index is 4.33. The van der Waals surface area contributed by atoms with Gasteiger partial charge < -0.3 is 4.57 Å². The predicted octanol–water partition coefficient (Wildman–Crippen LogP) is 2.36. The number of imidazole rings is 1. The van der Waals surface area contributed by atoms with Gasteiger partial charge in [-0.15, -0.1) is 0 Å². The highest BCUT2D eigenvalue weighted by Crippen LogP contribution is 2.14. The molecule has 0 saturated carbocycles. The molecule has 0 atom stereocenters. The van der Waals surface area contributed by atoms with E-state index in [9.17, 15) is 0 Å². The van der Waals surface area contributed by atoms with E-state index in [1.165, 1.54) is 0 Å². The van der Waals surface area contributed by atoms with Crippen molar-refractivity contribution in [2.45, 2.75) is 19.9 Å². The molecule has 2 rings (SSSR count). The summed E-state index contributed by atoms with van der Waals surface area (Å²) in [5, 5.41) is 0. The van der Waals surface area contributed by atoms with Crippen LogP contribution in [-0.4, -0.2) is 14.5 Å². The molecule has 0 aliphatic heterocycles. The van der Waals surface area contributed by atoms with E-state index in [1.54, 1.807) is 6.20 Å². The lowest BCUT2D eigenvalue weighted by Gasteiger charge is -1.96. The Labute approximate surface area is 83.4 Å². The zero-order chi connectivity index (χ0) is 9.80. The average molecular weight is 187 g/mol. The number of hydrogen-bond donors (Lipinski definition) is 0. The summed E-state index contributed by atoms with van der Waals surface area (Å²) in [5.41, 5.74) is 2.06. The van der Waals surface area contributed by atoms with Gasteiger partial charge in [0, 0.05) is 30.7 Å². The molecule has 0 saturated heterocycles. The SMILES string of the molecule is CCCn1cnc(-c2cccnc2)c1. The summed E-state index contributed by atoms with van der Waals surface area (Å²) < 4.78 is 2.10. The fraction of sp³-hybridized carbons (Fsp3) is 0.273. The summed E-state index contributed by atoms with van der Waals surface area (Å²) >= 11 is 0. The van der Waals surface area contributed by atoms with Gasteiger partial charge in [0.2, 0.25) is 0 Å². The van der Waals surface area contributed by atoms with Crippen molar-refractivity contribution in [2.24, 2.45) is 0 Å². The molecule has 0 aromatic carbocycles. The van der Waals surface area contributed by atoms with Crippen LogP contribution in [0.4, 0.5) is 0 Å². The third-order valence-corrected chi connectivity index (χ3v) is 2.07. The summed E-state index contributed by atoms with van der Waals surface area (Å²) in [6, 6.07) is 3.94. The van der Waals surface area contributed by atoms with Crippen LogP contribution in [0.3, 0.4) is 0 Å². The molecule has 0 fully saturated rings. The molecule has 2 aromatic heterocycles. The highest BCUT2D eigenvalue weighted by Gasteiger charge is 2.00. The zero-order valence-electron chi connectivity index (χ0n) is 8.22. The average Bonchev–Trinajstić information content (AvgIpc) is 2.68. The van der Waals surface area contributed by atoms with Crippen LogP contribution in [0.1, 0.15) is 13.3 Å². The summed E-state index contributed by atoms with van der Waals surface area (Å²) in [5.74, 6) is 0. The first-order chi connectivity index (χ1) is 6.90.